The lowest BCUT2D eigenvalue weighted by molar-refractivity contribution is -0.126. The minimum Gasteiger partial charge on any atom is -0.325 e. The Hall–Kier alpha value is -0.140. The quantitative estimate of drug-likeness (QED) is 0.717. The van der Waals surface area contributed by atoms with Crippen LogP contribution in [0.15, 0.2) is 22.7 Å². The third-order valence-electron chi connectivity index (χ3n) is 3.43. The number of hydrogen-bond donors (Lipinski definition) is 2. The third-order valence-corrected chi connectivity index (χ3v) is 4.76. The first-order valence-electron chi connectivity index (χ1n) is 5.98. The van der Waals surface area contributed by atoms with E-state index in [1.165, 1.54) is 0 Å². The summed E-state index contributed by atoms with van der Waals surface area (Å²) in [6, 6.07) is 5.93. The van der Waals surface area contributed by atoms with E-state index in [0.717, 1.165) is 39.7 Å². The van der Waals surface area contributed by atoms with Crippen LogP contribution >= 0.6 is 38.5 Å². The largest absolute Gasteiger partial charge is 0.325 e. The number of benzene rings is 1. The van der Waals surface area contributed by atoms with Crippen LogP contribution in [0.2, 0.25) is 0 Å². The maximum Gasteiger partial charge on any atom is 0.230 e. The van der Waals surface area contributed by atoms with Crippen molar-refractivity contribution in [3.8, 4) is 0 Å². The molecule has 0 aliphatic carbocycles. The van der Waals surface area contributed by atoms with Gasteiger partial charge in [-0.15, -0.1) is 0 Å². The molecular formula is C13H16BrIN2O. The number of anilines is 1. The van der Waals surface area contributed by atoms with Crippen molar-refractivity contribution in [3.05, 3.63) is 26.2 Å². The Labute approximate surface area is 129 Å². The fraction of sp³-hybridized carbons (Fsp3) is 0.462. The van der Waals surface area contributed by atoms with Gasteiger partial charge in [-0.3, -0.25) is 4.79 Å². The number of piperidine rings is 1. The van der Waals surface area contributed by atoms with E-state index < -0.39 is 0 Å². The summed E-state index contributed by atoms with van der Waals surface area (Å²) in [5.41, 5.74) is 0.591. The second-order valence-electron chi connectivity index (χ2n) is 4.89. The van der Waals surface area contributed by atoms with E-state index in [-0.39, 0.29) is 11.3 Å². The van der Waals surface area contributed by atoms with E-state index in [1.807, 2.05) is 25.1 Å². The highest BCUT2D eigenvalue weighted by molar-refractivity contribution is 14.1. The van der Waals surface area contributed by atoms with Crippen LogP contribution in [0.3, 0.4) is 0 Å². The van der Waals surface area contributed by atoms with E-state index in [1.54, 1.807) is 0 Å². The summed E-state index contributed by atoms with van der Waals surface area (Å²) in [4.78, 5) is 12.4. The molecule has 1 aliphatic rings. The van der Waals surface area contributed by atoms with Crippen LogP contribution in [-0.4, -0.2) is 19.0 Å². The van der Waals surface area contributed by atoms with Crippen LogP contribution in [0, 0.1) is 8.99 Å². The molecule has 0 unspecified atom stereocenters. The molecule has 2 rings (SSSR count). The summed E-state index contributed by atoms with van der Waals surface area (Å²) in [7, 11) is 0. The van der Waals surface area contributed by atoms with Crippen LogP contribution in [0.4, 0.5) is 5.69 Å². The lowest BCUT2D eigenvalue weighted by Crippen LogP contribution is -2.42. The number of halogens is 2. The summed E-state index contributed by atoms with van der Waals surface area (Å²) in [6.45, 7) is 3.87. The van der Waals surface area contributed by atoms with Gasteiger partial charge in [0.25, 0.3) is 0 Å². The van der Waals surface area contributed by atoms with Crippen LogP contribution in [0.25, 0.3) is 0 Å². The number of hydrogen-bond acceptors (Lipinski definition) is 2. The molecule has 1 aromatic rings. The minimum absolute atomic E-state index is 0.117. The molecule has 0 atom stereocenters. The maximum atomic E-state index is 12.4. The monoisotopic (exact) mass is 422 g/mol. The lowest BCUT2D eigenvalue weighted by Gasteiger charge is -2.32. The van der Waals surface area contributed by atoms with Gasteiger partial charge in [-0.25, -0.2) is 0 Å². The molecule has 1 aromatic carbocycles. The first-order valence-corrected chi connectivity index (χ1v) is 7.86. The maximum absolute atomic E-state index is 12.4. The van der Waals surface area contributed by atoms with Gasteiger partial charge in [-0.05, 0) is 82.7 Å². The first-order chi connectivity index (χ1) is 8.51. The van der Waals surface area contributed by atoms with Crippen molar-refractivity contribution < 1.29 is 4.79 Å². The molecule has 98 valence electrons. The molecule has 0 radical (unpaired) electrons. The highest BCUT2D eigenvalue weighted by Crippen LogP contribution is 2.31. The Morgan fingerprint density at radius 2 is 2.11 bits per heavy atom. The van der Waals surface area contributed by atoms with Crippen molar-refractivity contribution in [1.82, 2.24) is 5.32 Å². The summed E-state index contributed by atoms with van der Waals surface area (Å²) in [5, 5.41) is 6.32. The molecule has 0 saturated carbocycles. The molecule has 1 aliphatic heterocycles. The van der Waals surface area contributed by atoms with Gasteiger partial charge in [0, 0.05) is 13.5 Å². The zero-order valence-electron chi connectivity index (χ0n) is 10.2. The summed E-state index contributed by atoms with van der Waals surface area (Å²) in [6.07, 6.45) is 1.78. The van der Waals surface area contributed by atoms with Crippen molar-refractivity contribution in [2.75, 3.05) is 18.4 Å². The zero-order chi connectivity index (χ0) is 13.2. The molecule has 3 nitrogen and oxygen atoms in total. The van der Waals surface area contributed by atoms with Crippen molar-refractivity contribution in [2.45, 2.75) is 19.8 Å². The van der Waals surface area contributed by atoms with Crippen molar-refractivity contribution in [2.24, 2.45) is 5.41 Å². The standard InChI is InChI=1S/C13H16BrIN2O/c1-13(4-6-16-7-5-13)12(18)17-11-3-2-9(15)8-10(11)14/h2-3,8,16H,4-7H2,1H3,(H,17,18). The molecule has 2 N–H and O–H groups in total. The van der Waals surface area contributed by atoms with Gasteiger partial charge in [-0.1, -0.05) is 6.92 Å². The fourth-order valence-corrected chi connectivity index (χ4v) is 3.47. The Bertz CT molecular complexity index is 458. The van der Waals surface area contributed by atoms with Crippen LogP contribution in [-0.2, 0) is 4.79 Å². The Kier molecular flexibility index (Phi) is 4.66. The van der Waals surface area contributed by atoms with Gasteiger partial charge < -0.3 is 10.6 Å². The molecule has 1 amide bonds. The highest BCUT2D eigenvalue weighted by atomic mass is 127. The summed E-state index contributed by atoms with van der Waals surface area (Å²) < 4.78 is 2.07. The smallest absolute Gasteiger partial charge is 0.230 e. The molecule has 0 aromatic heterocycles. The van der Waals surface area contributed by atoms with E-state index in [4.69, 9.17) is 0 Å². The highest BCUT2D eigenvalue weighted by Gasteiger charge is 2.34. The molecule has 0 bridgehead atoms. The van der Waals surface area contributed by atoms with Crippen LogP contribution < -0.4 is 10.6 Å². The fourth-order valence-electron chi connectivity index (χ4n) is 2.07. The van der Waals surface area contributed by atoms with Crippen molar-refractivity contribution in [1.29, 1.82) is 0 Å². The number of carbonyl (C=O) groups is 1. The normalized spacial score (nSPS) is 18.4. The number of rotatable bonds is 2. The Balaban J connectivity index is 2.11. The lowest BCUT2D eigenvalue weighted by atomic mass is 9.80. The predicted octanol–water partition coefficient (Wildman–Crippen LogP) is 3.38. The molecule has 1 heterocycles. The van der Waals surface area contributed by atoms with E-state index >= 15 is 0 Å². The Morgan fingerprint density at radius 3 is 2.72 bits per heavy atom. The molecule has 0 spiro atoms. The zero-order valence-corrected chi connectivity index (χ0v) is 14.0. The number of amides is 1. The van der Waals surface area contributed by atoms with Gasteiger partial charge in [0.1, 0.15) is 0 Å². The second kappa shape index (κ2) is 5.88. The molecular weight excluding hydrogens is 407 g/mol. The number of nitrogens with one attached hydrogen (secondary N) is 2. The van der Waals surface area contributed by atoms with Crippen LogP contribution in [0.1, 0.15) is 19.8 Å². The van der Waals surface area contributed by atoms with E-state index in [2.05, 4.69) is 49.2 Å². The average molecular weight is 423 g/mol. The summed E-state index contributed by atoms with van der Waals surface area (Å²) in [5.74, 6) is 0.117. The first kappa shape index (κ1) is 14.3. The predicted molar refractivity (Wildman–Crippen MR) is 85.7 cm³/mol. The second-order valence-corrected chi connectivity index (χ2v) is 6.99. The van der Waals surface area contributed by atoms with E-state index in [0.29, 0.717) is 0 Å². The molecule has 18 heavy (non-hydrogen) atoms. The van der Waals surface area contributed by atoms with Crippen molar-refractivity contribution in [3.63, 3.8) is 0 Å². The molecule has 1 fully saturated rings. The molecule has 5 heteroatoms. The van der Waals surface area contributed by atoms with E-state index in [9.17, 15) is 4.79 Å². The topological polar surface area (TPSA) is 41.1 Å². The van der Waals surface area contributed by atoms with Gasteiger partial charge >= 0.3 is 0 Å². The van der Waals surface area contributed by atoms with Gasteiger partial charge in [0.15, 0.2) is 0 Å². The van der Waals surface area contributed by atoms with Gasteiger partial charge in [0.2, 0.25) is 5.91 Å². The Morgan fingerprint density at radius 1 is 1.44 bits per heavy atom. The van der Waals surface area contributed by atoms with Crippen molar-refractivity contribution >= 4 is 50.1 Å². The van der Waals surface area contributed by atoms with Gasteiger partial charge in [0.05, 0.1) is 5.69 Å². The number of carbonyl (C=O) groups excluding carboxylic acids is 1. The SMILES string of the molecule is CC1(C(=O)Nc2ccc(I)cc2Br)CCNCC1. The van der Waals surface area contributed by atoms with Gasteiger partial charge in [-0.2, -0.15) is 0 Å². The summed E-state index contributed by atoms with van der Waals surface area (Å²) >= 11 is 5.74. The molecule has 1 saturated heterocycles. The minimum atomic E-state index is -0.256. The average Bonchev–Trinajstić information content (AvgIpc) is 2.33. The van der Waals surface area contributed by atoms with Crippen LogP contribution in [0.5, 0.6) is 0 Å². The third kappa shape index (κ3) is 3.24.